The van der Waals surface area contributed by atoms with Crippen LogP contribution in [0.3, 0.4) is 0 Å². The highest BCUT2D eigenvalue weighted by Gasteiger charge is 2.07. The summed E-state index contributed by atoms with van der Waals surface area (Å²) in [5, 5.41) is 8.49. The van der Waals surface area contributed by atoms with Crippen molar-refractivity contribution in [2.45, 2.75) is 26.3 Å². The highest BCUT2D eigenvalue weighted by atomic mass is 15.3. The molecule has 108 valence electrons. The molecule has 3 aromatic rings. The molecule has 0 unspecified atom stereocenters. The minimum atomic E-state index is 0.527. The van der Waals surface area contributed by atoms with Crippen LogP contribution < -0.4 is 0 Å². The highest BCUT2D eigenvalue weighted by molar-refractivity contribution is 5.62. The van der Waals surface area contributed by atoms with Crippen LogP contribution in [0.4, 0.5) is 0 Å². The van der Waals surface area contributed by atoms with E-state index in [-0.39, 0.29) is 0 Å². The highest BCUT2D eigenvalue weighted by Crippen LogP contribution is 2.23. The molecule has 0 radical (unpaired) electrons. The summed E-state index contributed by atoms with van der Waals surface area (Å²) in [7, 11) is 1.89. The fourth-order valence-corrected chi connectivity index (χ4v) is 2.28. The van der Waals surface area contributed by atoms with Gasteiger partial charge in [-0.15, -0.1) is 0 Å². The Hall–Kier alpha value is -2.43. The van der Waals surface area contributed by atoms with E-state index in [1.807, 2.05) is 24.1 Å². The summed E-state index contributed by atoms with van der Waals surface area (Å²) in [6.45, 7) is 5.04. The van der Waals surface area contributed by atoms with E-state index in [9.17, 15) is 0 Å². The molecule has 21 heavy (non-hydrogen) atoms. The molecule has 3 rings (SSSR count). The van der Waals surface area contributed by atoms with Gasteiger partial charge in [-0.1, -0.05) is 38.1 Å². The third kappa shape index (κ3) is 2.86. The SMILES string of the molecule is CC(C)c1cccc(-c2cnn(Cc3ncnn3C)c2)c1. The summed E-state index contributed by atoms with van der Waals surface area (Å²) in [5.74, 6) is 1.42. The topological polar surface area (TPSA) is 48.5 Å². The van der Waals surface area contributed by atoms with E-state index in [4.69, 9.17) is 0 Å². The lowest BCUT2D eigenvalue weighted by Crippen LogP contribution is -2.06. The van der Waals surface area contributed by atoms with Gasteiger partial charge in [0.2, 0.25) is 0 Å². The Morgan fingerprint density at radius 1 is 1.14 bits per heavy atom. The zero-order chi connectivity index (χ0) is 14.8. The maximum atomic E-state index is 4.42. The average Bonchev–Trinajstić information content (AvgIpc) is 3.10. The van der Waals surface area contributed by atoms with Crippen LogP contribution in [0.25, 0.3) is 11.1 Å². The second-order valence-corrected chi connectivity index (χ2v) is 5.51. The van der Waals surface area contributed by atoms with Gasteiger partial charge in [0, 0.05) is 18.8 Å². The molecular weight excluding hydrogens is 262 g/mol. The lowest BCUT2D eigenvalue weighted by atomic mass is 9.99. The Labute approximate surface area is 124 Å². The quantitative estimate of drug-likeness (QED) is 0.739. The Kier molecular flexibility index (Phi) is 3.56. The third-order valence-electron chi connectivity index (χ3n) is 3.63. The molecule has 0 aliphatic heterocycles. The Morgan fingerprint density at radius 2 is 2.00 bits per heavy atom. The molecule has 5 heteroatoms. The molecule has 1 aromatic carbocycles. The largest absolute Gasteiger partial charge is 0.264 e. The molecule has 0 bridgehead atoms. The molecule has 2 heterocycles. The smallest absolute Gasteiger partial charge is 0.148 e. The first-order valence-corrected chi connectivity index (χ1v) is 7.09. The fraction of sp³-hybridized carbons (Fsp3) is 0.312. The van der Waals surface area contributed by atoms with Crippen LogP contribution in [0.5, 0.6) is 0 Å². The summed E-state index contributed by atoms with van der Waals surface area (Å²) < 4.78 is 3.65. The van der Waals surface area contributed by atoms with Gasteiger partial charge >= 0.3 is 0 Å². The number of benzene rings is 1. The minimum Gasteiger partial charge on any atom is -0.264 e. The molecule has 0 amide bonds. The van der Waals surface area contributed by atoms with Gasteiger partial charge in [-0.25, -0.2) is 4.98 Å². The van der Waals surface area contributed by atoms with Crippen molar-refractivity contribution >= 4 is 0 Å². The number of hydrogen-bond donors (Lipinski definition) is 0. The van der Waals surface area contributed by atoms with Crippen LogP contribution in [-0.2, 0) is 13.6 Å². The molecule has 0 N–H and O–H groups in total. The monoisotopic (exact) mass is 281 g/mol. The van der Waals surface area contributed by atoms with Crippen molar-refractivity contribution in [1.82, 2.24) is 24.5 Å². The first-order valence-electron chi connectivity index (χ1n) is 7.09. The van der Waals surface area contributed by atoms with Crippen molar-refractivity contribution in [2.24, 2.45) is 7.05 Å². The molecule has 0 aliphatic carbocycles. The maximum absolute atomic E-state index is 4.42. The van der Waals surface area contributed by atoms with Crippen molar-refractivity contribution in [3.05, 3.63) is 54.4 Å². The van der Waals surface area contributed by atoms with Gasteiger partial charge in [0.1, 0.15) is 18.7 Å². The average molecular weight is 281 g/mol. The van der Waals surface area contributed by atoms with Crippen molar-refractivity contribution in [2.75, 3.05) is 0 Å². The number of nitrogens with zero attached hydrogens (tertiary/aromatic N) is 5. The molecule has 0 fully saturated rings. The second-order valence-electron chi connectivity index (χ2n) is 5.51. The summed E-state index contributed by atoms with van der Waals surface area (Å²) in [5.41, 5.74) is 3.67. The first-order chi connectivity index (χ1) is 10.1. The summed E-state index contributed by atoms with van der Waals surface area (Å²) in [6, 6.07) is 8.62. The van der Waals surface area contributed by atoms with Crippen LogP contribution >= 0.6 is 0 Å². The van der Waals surface area contributed by atoms with Crippen LogP contribution in [-0.4, -0.2) is 24.5 Å². The predicted molar refractivity (Wildman–Crippen MR) is 81.9 cm³/mol. The van der Waals surface area contributed by atoms with Gasteiger partial charge in [0.25, 0.3) is 0 Å². The predicted octanol–water partition coefficient (Wildman–Crippen LogP) is 2.85. The van der Waals surface area contributed by atoms with Crippen molar-refractivity contribution in [1.29, 1.82) is 0 Å². The molecule has 0 saturated carbocycles. The van der Waals surface area contributed by atoms with Gasteiger partial charge in [0.05, 0.1) is 6.20 Å². The van der Waals surface area contributed by atoms with Gasteiger partial charge < -0.3 is 0 Å². The van der Waals surface area contributed by atoms with Crippen LogP contribution in [0.1, 0.15) is 31.2 Å². The molecule has 0 saturated heterocycles. The summed E-state index contributed by atoms with van der Waals surface area (Å²) in [6.07, 6.45) is 5.51. The molecule has 0 spiro atoms. The molecule has 0 atom stereocenters. The molecule has 2 aromatic heterocycles. The summed E-state index contributed by atoms with van der Waals surface area (Å²) in [4.78, 5) is 4.22. The van der Waals surface area contributed by atoms with Gasteiger partial charge in [-0.2, -0.15) is 10.2 Å². The van der Waals surface area contributed by atoms with E-state index in [0.29, 0.717) is 12.5 Å². The Balaban J connectivity index is 1.85. The van der Waals surface area contributed by atoms with Crippen molar-refractivity contribution < 1.29 is 0 Å². The minimum absolute atomic E-state index is 0.527. The van der Waals surface area contributed by atoms with E-state index in [2.05, 4.69) is 53.3 Å². The second kappa shape index (κ2) is 5.52. The van der Waals surface area contributed by atoms with E-state index in [1.54, 1.807) is 11.0 Å². The number of hydrogen-bond acceptors (Lipinski definition) is 3. The normalized spacial score (nSPS) is 11.2. The number of aromatic nitrogens is 5. The lowest BCUT2D eigenvalue weighted by molar-refractivity contribution is 0.608. The van der Waals surface area contributed by atoms with Gasteiger partial charge in [0.15, 0.2) is 0 Å². The van der Waals surface area contributed by atoms with E-state index in [1.165, 1.54) is 11.1 Å². The van der Waals surface area contributed by atoms with Crippen molar-refractivity contribution in [3.8, 4) is 11.1 Å². The molecule has 0 aliphatic rings. The molecule has 5 nitrogen and oxygen atoms in total. The van der Waals surface area contributed by atoms with E-state index < -0.39 is 0 Å². The van der Waals surface area contributed by atoms with E-state index in [0.717, 1.165) is 11.4 Å². The number of rotatable bonds is 4. The Morgan fingerprint density at radius 3 is 2.71 bits per heavy atom. The zero-order valence-corrected chi connectivity index (χ0v) is 12.6. The lowest BCUT2D eigenvalue weighted by Gasteiger charge is -2.06. The number of aryl methyl sites for hydroxylation is 1. The third-order valence-corrected chi connectivity index (χ3v) is 3.63. The standard InChI is InChI=1S/C16H19N5/c1-12(2)13-5-4-6-14(7-13)15-8-18-21(9-15)10-16-17-11-19-20(16)3/h4-9,11-12H,10H2,1-3H3. The van der Waals surface area contributed by atoms with Crippen molar-refractivity contribution in [3.63, 3.8) is 0 Å². The van der Waals surface area contributed by atoms with Crippen LogP contribution in [0.2, 0.25) is 0 Å². The van der Waals surface area contributed by atoms with E-state index >= 15 is 0 Å². The summed E-state index contributed by atoms with van der Waals surface area (Å²) >= 11 is 0. The van der Waals surface area contributed by atoms with Crippen LogP contribution in [0, 0.1) is 0 Å². The first kappa shape index (κ1) is 13.5. The zero-order valence-electron chi connectivity index (χ0n) is 12.6. The Bertz CT molecular complexity index is 738. The maximum Gasteiger partial charge on any atom is 0.148 e. The van der Waals surface area contributed by atoms with Gasteiger partial charge in [-0.3, -0.25) is 9.36 Å². The van der Waals surface area contributed by atoms with Crippen LogP contribution in [0.15, 0.2) is 43.0 Å². The molecular formula is C16H19N5. The van der Waals surface area contributed by atoms with Gasteiger partial charge in [-0.05, 0) is 17.0 Å². The fourth-order valence-electron chi connectivity index (χ4n) is 2.28.